The minimum atomic E-state index is -1.58. The first kappa shape index (κ1) is 29.2. The summed E-state index contributed by atoms with van der Waals surface area (Å²) in [5, 5.41) is 16.0. The van der Waals surface area contributed by atoms with Gasteiger partial charge in [0, 0.05) is 17.3 Å². The third kappa shape index (κ3) is 5.47. The third-order valence-electron chi connectivity index (χ3n) is 6.71. The number of aromatic nitrogens is 5. The zero-order chi connectivity index (χ0) is 29.7. The number of amides is 2. The SMILES string of the molecule is COc1c(C)cnc(Cn2nc3c4c(nc(OC(=O)NC(=O)O)nc42)SC(C(C)(C)C)C(=O)C3C(C)(C)C)c1C. The lowest BCUT2D eigenvalue weighted by Gasteiger charge is -2.34. The molecular formula is C27H34N6O6S. The van der Waals surface area contributed by atoms with Crippen molar-refractivity contribution in [3.8, 4) is 11.8 Å². The third-order valence-corrected chi connectivity index (χ3v) is 8.40. The Balaban J connectivity index is 1.98. The van der Waals surface area contributed by atoms with Crippen LogP contribution in [0.3, 0.4) is 0 Å². The fraction of sp³-hybridized carbons (Fsp3) is 0.519. The quantitative estimate of drug-likeness (QED) is 0.412. The van der Waals surface area contributed by atoms with Crippen molar-refractivity contribution in [1.82, 2.24) is 30.0 Å². The van der Waals surface area contributed by atoms with Gasteiger partial charge in [0.1, 0.15) is 10.8 Å². The van der Waals surface area contributed by atoms with Gasteiger partial charge in [-0.1, -0.05) is 53.3 Å². The monoisotopic (exact) mass is 570 g/mol. The molecule has 13 heteroatoms. The second-order valence-corrected chi connectivity index (χ2v) is 13.1. The highest BCUT2D eigenvalue weighted by Gasteiger charge is 2.47. The van der Waals surface area contributed by atoms with Crippen molar-refractivity contribution in [2.45, 2.75) is 78.1 Å². The largest absolute Gasteiger partial charge is 0.496 e. The fourth-order valence-electron chi connectivity index (χ4n) is 4.96. The number of carbonyl (C=O) groups excluding carboxylic acids is 2. The van der Waals surface area contributed by atoms with E-state index < -0.39 is 34.2 Å². The summed E-state index contributed by atoms with van der Waals surface area (Å²) >= 11 is 1.27. The first-order valence-electron chi connectivity index (χ1n) is 12.7. The average molecular weight is 571 g/mol. The molecule has 0 saturated carbocycles. The van der Waals surface area contributed by atoms with Crippen LogP contribution < -0.4 is 14.8 Å². The standard InChI is InChI=1S/C27H34N6O6S/c1-12-10-28-14(13(2)19(12)38-9)11-33-21-15-17(32-33)16(26(3,4)5)18(34)20(27(6,7)8)40-22(15)30-23(29-21)39-25(37)31-24(35)36/h10,16,20H,11H2,1-9H3,(H,31,37)(H,35,36). The Labute approximate surface area is 236 Å². The summed E-state index contributed by atoms with van der Waals surface area (Å²) in [4.78, 5) is 50.8. The molecular weight excluding hydrogens is 536 g/mol. The van der Waals surface area contributed by atoms with E-state index in [1.807, 2.05) is 55.4 Å². The number of Topliss-reactive ketones (excluding diaryl/α,β-unsaturated/α-hetero) is 1. The van der Waals surface area contributed by atoms with Crippen LogP contribution in [0.15, 0.2) is 11.2 Å². The van der Waals surface area contributed by atoms with Crippen LogP contribution in [0.25, 0.3) is 11.0 Å². The van der Waals surface area contributed by atoms with Gasteiger partial charge >= 0.3 is 18.2 Å². The minimum Gasteiger partial charge on any atom is -0.496 e. The number of methoxy groups -OCH3 is 1. The summed E-state index contributed by atoms with van der Waals surface area (Å²) in [5.41, 5.74) is 2.37. The summed E-state index contributed by atoms with van der Waals surface area (Å²) < 4.78 is 12.3. The molecule has 0 fully saturated rings. The molecule has 3 aromatic rings. The highest BCUT2D eigenvalue weighted by molar-refractivity contribution is 8.00. The van der Waals surface area contributed by atoms with Gasteiger partial charge in [0.05, 0.1) is 41.6 Å². The average Bonchev–Trinajstić information content (AvgIpc) is 3.07. The first-order valence-corrected chi connectivity index (χ1v) is 13.6. The second kappa shape index (κ2) is 10.3. The van der Waals surface area contributed by atoms with Gasteiger partial charge in [-0.05, 0) is 24.7 Å². The van der Waals surface area contributed by atoms with Crippen LogP contribution in [-0.2, 0) is 11.3 Å². The molecule has 2 unspecified atom stereocenters. The number of ketones is 1. The van der Waals surface area contributed by atoms with Crippen LogP contribution in [0.1, 0.15) is 70.0 Å². The lowest BCUT2D eigenvalue weighted by Crippen LogP contribution is -2.39. The number of nitrogens with zero attached hydrogens (tertiary/aromatic N) is 5. The smallest absolute Gasteiger partial charge is 0.424 e. The number of hydrogen-bond donors (Lipinski definition) is 2. The number of nitrogens with one attached hydrogen (secondary N) is 1. The van der Waals surface area contributed by atoms with Gasteiger partial charge in [0.15, 0.2) is 11.4 Å². The van der Waals surface area contributed by atoms with Crippen molar-refractivity contribution in [3.63, 3.8) is 0 Å². The lowest BCUT2D eigenvalue weighted by atomic mass is 9.72. The predicted molar refractivity (Wildman–Crippen MR) is 148 cm³/mol. The molecule has 0 saturated heterocycles. The second-order valence-electron chi connectivity index (χ2n) is 12.0. The first-order chi connectivity index (χ1) is 18.5. The summed E-state index contributed by atoms with van der Waals surface area (Å²) in [5.74, 6) is 0.160. The molecule has 0 radical (unpaired) electrons. The molecule has 4 rings (SSSR count). The molecule has 0 aliphatic carbocycles. The van der Waals surface area contributed by atoms with E-state index in [9.17, 15) is 14.4 Å². The predicted octanol–water partition coefficient (Wildman–Crippen LogP) is 4.88. The Kier molecular flexibility index (Phi) is 7.56. The molecule has 2 amide bonds. The number of hydrogen-bond acceptors (Lipinski definition) is 10. The van der Waals surface area contributed by atoms with Gasteiger partial charge in [-0.2, -0.15) is 15.1 Å². The van der Waals surface area contributed by atoms with Crippen molar-refractivity contribution < 1.29 is 29.0 Å². The van der Waals surface area contributed by atoms with E-state index in [2.05, 4.69) is 15.0 Å². The van der Waals surface area contributed by atoms with Gasteiger partial charge in [-0.3, -0.25) is 9.78 Å². The van der Waals surface area contributed by atoms with Crippen LogP contribution >= 0.6 is 11.8 Å². The molecule has 0 bridgehead atoms. The van der Waals surface area contributed by atoms with E-state index in [-0.39, 0.29) is 18.3 Å². The number of rotatable bonds is 4. The molecule has 4 heterocycles. The van der Waals surface area contributed by atoms with Gasteiger partial charge < -0.3 is 14.6 Å². The zero-order valence-electron chi connectivity index (χ0n) is 24.1. The van der Waals surface area contributed by atoms with E-state index in [1.165, 1.54) is 11.8 Å². The Morgan fingerprint density at radius 3 is 2.38 bits per heavy atom. The van der Waals surface area contributed by atoms with E-state index in [0.717, 1.165) is 11.1 Å². The van der Waals surface area contributed by atoms with Crippen LogP contribution in [0.4, 0.5) is 9.59 Å². The molecule has 2 N–H and O–H groups in total. The normalized spacial score (nSPS) is 17.5. The van der Waals surface area contributed by atoms with Gasteiger partial charge in [0.25, 0.3) is 0 Å². The van der Waals surface area contributed by atoms with Crippen molar-refractivity contribution >= 4 is 40.8 Å². The van der Waals surface area contributed by atoms with Gasteiger partial charge in [0.2, 0.25) is 0 Å². The van der Waals surface area contributed by atoms with Crippen molar-refractivity contribution in [2.24, 2.45) is 10.8 Å². The maximum Gasteiger partial charge on any atom is 0.424 e. The Morgan fingerprint density at radius 1 is 1.12 bits per heavy atom. The molecule has 214 valence electrons. The van der Waals surface area contributed by atoms with Crippen LogP contribution in [0.5, 0.6) is 11.8 Å². The number of carbonyl (C=O) groups is 3. The topological polar surface area (TPSA) is 158 Å². The number of carboxylic acid groups (broad SMARTS) is 1. The van der Waals surface area contributed by atoms with Crippen LogP contribution in [-0.4, -0.2) is 60.2 Å². The molecule has 0 spiro atoms. The summed E-state index contributed by atoms with van der Waals surface area (Å²) in [6, 6.07) is -0.359. The minimum absolute atomic E-state index is 0.0203. The Morgan fingerprint density at radius 2 is 1.80 bits per heavy atom. The van der Waals surface area contributed by atoms with Crippen LogP contribution in [0, 0.1) is 24.7 Å². The van der Waals surface area contributed by atoms with Crippen molar-refractivity contribution in [1.29, 1.82) is 0 Å². The summed E-state index contributed by atoms with van der Waals surface area (Å²) in [6.45, 7) is 16.0. The number of imide groups is 1. The highest BCUT2D eigenvalue weighted by atomic mass is 32.2. The molecule has 3 aromatic heterocycles. The van der Waals surface area contributed by atoms with Crippen molar-refractivity contribution in [2.75, 3.05) is 7.11 Å². The fourth-order valence-corrected chi connectivity index (χ4v) is 6.23. The zero-order valence-corrected chi connectivity index (χ0v) is 24.9. The number of ether oxygens (including phenoxy) is 2. The Bertz CT molecular complexity index is 1520. The molecule has 2 atom stereocenters. The summed E-state index contributed by atoms with van der Waals surface area (Å²) in [6.07, 6.45) is -1.11. The van der Waals surface area contributed by atoms with Gasteiger partial charge in [-0.25, -0.2) is 19.6 Å². The summed E-state index contributed by atoms with van der Waals surface area (Å²) in [7, 11) is 1.60. The van der Waals surface area contributed by atoms with Crippen LogP contribution in [0.2, 0.25) is 0 Å². The highest BCUT2D eigenvalue weighted by Crippen LogP contribution is 2.50. The lowest BCUT2D eigenvalue weighted by molar-refractivity contribution is -0.123. The van der Waals surface area contributed by atoms with Gasteiger partial charge in [-0.15, -0.1) is 0 Å². The maximum absolute atomic E-state index is 14.2. The van der Waals surface area contributed by atoms with E-state index in [1.54, 1.807) is 23.3 Å². The molecule has 0 aromatic carbocycles. The van der Waals surface area contributed by atoms with E-state index in [0.29, 0.717) is 33.2 Å². The number of thioether (sulfide) groups is 1. The number of pyridine rings is 1. The molecule has 1 aliphatic rings. The maximum atomic E-state index is 14.2. The molecule has 12 nitrogen and oxygen atoms in total. The van der Waals surface area contributed by atoms with Crippen molar-refractivity contribution in [3.05, 3.63) is 28.7 Å². The van der Waals surface area contributed by atoms with E-state index in [4.69, 9.17) is 19.7 Å². The van der Waals surface area contributed by atoms with E-state index >= 15 is 0 Å². The molecule has 1 aliphatic heterocycles. The molecule has 40 heavy (non-hydrogen) atoms. The Hall–Kier alpha value is -3.74. The number of aryl methyl sites for hydroxylation is 1.